The molecule has 0 N–H and O–H groups in total. The molecule has 0 amide bonds. The van der Waals surface area contributed by atoms with Crippen LogP contribution >= 0.6 is 31.9 Å². The first-order valence-electron chi connectivity index (χ1n) is 3.98. The number of rotatable bonds is 3. The highest BCUT2D eigenvalue weighted by molar-refractivity contribution is 9.11. The molecule has 1 rings (SSSR count). The summed E-state index contributed by atoms with van der Waals surface area (Å²) in [4.78, 5) is 11.4. The molecule has 1 aromatic rings. The van der Waals surface area contributed by atoms with Crippen molar-refractivity contribution in [1.29, 1.82) is 0 Å². The molecule has 0 aliphatic carbocycles. The van der Waals surface area contributed by atoms with Crippen LogP contribution in [-0.2, 0) is 4.74 Å². The molecule has 0 fully saturated rings. The van der Waals surface area contributed by atoms with Gasteiger partial charge in [-0.05, 0) is 28.1 Å². The number of alkyl halides is 2. The smallest absolute Gasteiger partial charge is 0.387 e. The largest absolute Gasteiger partial charge is 0.465 e. The normalized spacial score (nSPS) is 10.4. The molecule has 1 aromatic carbocycles. The molecule has 7 heteroatoms. The van der Waals surface area contributed by atoms with Crippen LogP contribution in [0.2, 0.25) is 0 Å². The van der Waals surface area contributed by atoms with E-state index in [9.17, 15) is 13.6 Å². The molecule has 0 atom stereocenters. The molecule has 0 bridgehead atoms. The van der Waals surface area contributed by atoms with Crippen LogP contribution in [-0.4, -0.2) is 19.7 Å². The third kappa shape index (κ3) is 3.15. The fourth-order valence-corrected chi connectivity index (χ4v) is 2.39. The monoisotopic (exact) mass is 358 g/mol. The molecule has 0 radical (unpaired) electrons. The predicted octanol–water partition coefficient (Wildman–Crippen LogP) is 3.60. The van der Waals surface area contributed by atoms with Crippen molar-refractivity contribution >= 4 is 37.8 Å². The minimum absolute atomic E-state index is 0.0778. The van der Waals surface area contributed by atoms with Gasteiger partial charge in [0.25, 0.3) is 0 Å². The Morgan fingerprint density at radius 3 is 2.50 bits per heavy atom. The second kappa shape index (κ2) is 5.58. The molecular formula is C9H6Br2F2O3. The fourth-order valence-electron chi connectivity index (χ4n) is 1.04. The first-order chi connectivity index (χ1) is 7.45. The minimum atomic E-state index is -3.01. The maximum absolute atomic E-state index is 12.1. The number of ether oxygens (including phenoxy) is 2. The van der Waals surface area contributed by atoms with E-state index >= 15 is 0 Å². The van der Waals surface area contributed by atoms with E-state index in [0.29, 0.717) is 8.95 Å². The summed E-state index contributed by atoms with van der Waals surface area (Å²) in [5.41, 5.74) is -0.0778. The molecule has 0 heterocycles. The Kier molecular flexibility index (Phi) is 4.67. The number of carbonyl (C=O) groups is 1. The van der Waals surface area contributed by atoms with Gasteiger partial charge in [0.2, 0.25) is 0 Å². The third-order valence-electron chi connectivity index (χ3n) is 1.62. The van der Waals surface area contributed by atoms with Gasteiger partial charge in [-0.1, -0.05) is 15.9 Å². The van der Waals surface area contributed by atoms with Gasteiger partial charge in [-0.25, -0.2) is 4.79 Å². The zero-order chi connectivity index (χ0) is 12.3. The Balaban J connectivity index is 3.26. The number of methoxy groups -OCH3 is 1. The van der Waals surface area contributed by atoms with Gasteiger partial charge in [0.15, 0.2) is 0 Å². The topological polar surface area (TPSA) is 35.5 Å². The van der Waals surface area contributed by atoms with E-state index in [2.05, 4.69) is 41.3 Å². The van der Waals surface area contributed by atoms with Gasteiger partial charge in [0.1, 0.15) is 11.3 Å². The maximum atomic E-state index is 12.1. The summed E-state index contributed by atoms with van der Waals surface area (Å²) in [6.07, 6.45) is 0. The van der Waals surface area contributed by atoms with Crippen molar-refractivity contribution < 1.29 is 23.0 Å². The van der Waals surface area contributed by atoms with E-state index in [4.69, 9.17) is 0 Å². The zero-order valence-corrected chi connectivity index (χ0v) is 11.1. The Bertz CT molecular complexity index is 410. The maximum Gasteiger partial charge on any atom is 0.387 e. The molecule has 0 aliphatic heterocycles. The van der Waals surface area contributed by atoms with Crippen molar-refractivity contribution in [2.75, 3.05) is 7.11 Å². The van der Waals surface area contributed by atoms with Crippen molar-refractivity contribution in [3.05, 3.63) is 26.6 Å². The van der Waals surface area contributed by atoms with Crippen molar-refractivity contribution in [2.45, 2.75) is 6.61 Å². The van der Waals surface area contributed by atoms with Gasteiger partial charge in [-0.2, -0.15) is 8.78 Å². The highest BCUT2D eigenvalue weighted by Gasteiger charge is 2.20. The van der Waals surface area contributed by atoms with E-state index in [1.807, 2.05) is 0 Å². The summed E-state index contributed by atoms with van der Waals surface area (Å²) in [6.45, 7) is -3.01. The van der Waals surface area contributed by atoms with Crippen LogP contribution < -0.4 is 4.74 Å². The molecule has 0 aromatic heterocycles. The van der Waals surface area contributed by atoms with Gasteiger partial charge >= 0.3 is 12.6 Å². The first-order valence-corrected chi connectivity index (χ1v) is 5.56. The van der Waals surface area contributed by atoms with E-state index in [1.165, 1.54) is 12.1 Å². The summed E-state index contributed by atoms with van der Waals surface area (Å²) in [7, 11) is 1.16. The van der Waals surface area contributed by atoms with E-state index in [1.54, 1.807) is 0 Å². The number of esters is 1. The molecule has 0 saturated heterocycles. The van der Waals surface area contributed by atoms with E-state index in [-0.39, 0.29) is 11.3 Å². The summed E-state index contributed by atoms with van der Waals surface area (Å²) in [5, 5.41) is 0. The van der Waals surface area contributed by atoms with Crippen molar-refractivity contribution in [3.8, 4) is 5.75 Å². The van der Waals surface area contributed by atoms with Gasteiger partial charge in [0.05, 0.1) is 7.11 Å². The summed E-state index contributed by atoms with van der Waals surface area (Å²) in [6, 6.07) is 2.80. The Morgan fingerprint density at radius 1 is 1.38 bits per heavy atom. The molecule has 0 saturated carbocycles. The van der Waals surface area contributed by atoms with Crippen LogP contribution in [0.25, 0.3) is 0 Å². The van der Waals surface area contributed by atoms with Crippen LogP contribution in [0.4, 0.5) is 8.78 Å². The third-order valence-corrected chi connectivity index (χ3v) is 2.71. The lowest BCUT2D eigenvalue weighted by Crippen LogP contribution is -2.10. The number of carbonyl (C=O) groups excluding carboxylic acids is 1. The van der Waals surface area contributed by atoms with Crippen LogP contribution in [0.3, 0.4) is 0 Å². The van der Waals surface area contributed by atoms with Crippen molar-refractivity contribution in [1.82, 2.24) is 0 Å². The summed E-state index contributed by atoms with van der Waals surface area (Å²) in [5.74, 6) is -1.00. The van der Waals surface area contributed by atoms with Gasteiger partial charge in [-0.3, -0.25) is 0 Å². The molecule has 0 spiro atoms. The van der Waals surface area contributed by atoms with Crippen LogP contribution in [0, 0.1) is 0 Å². The predicted molar refractivity (Wildman–Crippen MR) is 59.8 cm³/mol. The highest BCUT2D eigenvalue weighted by atomic mass is 79.9. The van der Waals surface area contributed by atoms with Crippen LogP contribution in [0.15, 0.2) is 21.1 Å². The lowest BCUT2D eigenvalue weighted by molar-refractivity contribution is -0.0504. The molecular weight excluding hydrogens is 354 g/mol. The van der Waals surface area contributed by atoms with Gasteiger partial charge in [0, 0.05) is 8.95 Å². The average Bonchev–Trinajstić information content (AvgIpc) is 2.14. The lowest BCUT2D eigenvalue weighted by atomic mass is 10.2. The van der Waals surface area contributed by atoms with Gasteiger partial charge in [-0.15, -0.1) is 0 Å². The average molecular weight is 360 g/mol. The Morgan fingerprint density at radius 2 is 2.00 bits per heavy atom. The number of hydrogen-bond donors (Lipinski definition) is 0. The number of benzene rings is 1. The first kappa shape index (κ1) is 13.4. The second-order valence-electron chi connectivity index (χ2n) is 2.63. The van der Waals surface area contributed by atoms with Crippen LogP contribution in [0.5, 0.6) is 5.75 Å². The SMILES string of the molecule is COC(=O)c1c(Br)cc(Br)cc1OC(F)F. The molecule has 88 valence electrons. The molecule has 0 aliphatic rings. The summed E-state index contributed by atoms with van der Waals surface area (Å²) >= 11 is 6.17. The minimum Gasteiger partial charge on any atom is -0.465 e. The van der Waals surface area contributed by atoms with Gasteiger partial charge < -0.3 is 9.47 Å². The fraction of sp³-hybridized carbons (Fsp3) is 0.222. The second-order valence-corrected chi connectivity index (χ2v) is 4.40. The van der Waals surface area contributed by atoms with Crippen molar-refractivity contribution in [2.24, 2.45) is 0 Å². The van der Waals surface area contributed by atoms with Crippen molar-refractivity contribution in [3.63, 3.8) is 0 Å². The molecule has 0 unspecified atom stereocenters. The number of hydrogen-bond acceptors (Lipinski definition) is 3. The zero-order valence-electron chi connectivity index (χ0n) is 7.97. The Hall–Kier alpha value is -0.690. The van der Waals surface area contributed by atoms with E-state index < -0.39 is 12.6 Å². The highest BCUT2D eigenvalue weighted by Crippen LogP contribution is 2.32. The number of halogens is 4. The molecule has 16 heavy (non-hydrogen) atoms. The van der Waals surface area contributed by atoms with E-state index in [0.717, 1.165) is 7.11 Å². The lowest BCUT2D eigenvalue weighted by Gasteiger charge is -2.11. The molecule has 3 nitrogen and oxygen atoms in total. The quantitative estimate of drug-likeness (QED) is 0.773. The summed E-state index contributed by atoms with van der Waals surface area (Å²) < 4.78 is 33.8. The van der Waals surface area contributed by atoms with Crippen LogP contribution in [0.1, 0.15) is 10.4 Å². The Labute approximate surface area is 107 Å². The standard InChI is InChI=1S/C9H6Br2F2O3/c1-15-8(14)7-5(11)2-4(10)3-6(7)16-9(12)13/h2-3,9H,1H3.